The van der Waals surface area contributed by atoms with Gasteiger partial charge in [-0.15, -0.1) is 0 Å². The number of aliphatic hydroxyl groups is 1. The van der Waals surface area contributed by atoms with Crippen LogP contribution in [0, 0.1) is 5.92 Å². The first-order valence-corrected chi connectivity index (χ1v) is 5.31. The maximum atomic E-state index is 11.4. The fourth-order valence-corrected chi connectivity index (χ4v) is 1.32. The van der Waals surface area contributed by atoms with Gasteiger partial charge >= 0.3 is 5.97 Å². The van der Waals surface area contributed by atoms with E-state index in [0.29, 0.717) is 5.92 Å². The van der Waals surface area contributed by atoms with Crippen LogP contribution in [0.3, 0.4) is 0 Å². The summed E-state index contributed by atoms with van der Waals surface area (Å²) in [6, 6.07) is -0.158. The van der Waals surface area contributed by atoms with Crippen LogP contribution in [0.5, 0.6) is 0 Å². The second-order valence-corrected chi connectivity index (χ2v) is 4.56. The highest BCUT2D eigenvalue weighted by molar-refractivity contribution is 5.80. The van der Waals surface area contributed by atoms with Crippen molar-refractivity contribution in [2.24, 2.45) is 11.7 Å². The van der Waals surface area contributed by atoms with Gasteiger partial charge in [0.2, 0.25) is 5.91 Å². The van der Waals surface area contributed by atoms with Crippen molar-refractivity contribution in [2.75, 3.05) is 6.54 Å². The van der Waals surface area contributed by atoms with Crippen molar-refractivity contribution in [1.29, 1.82) is 0 Å². The zero-order valence-electron chi connectivity index (χ0n) is 9.27. The Kier molecular flexibility index (Phi) is 3.88. The molecule has 1 fully saturated rings. The van der Waals surface area contributed by atoms with E-state index in [-0.39, 0.29) is 24.9 Å². The Balaban J connectivity index is 2.26. The monoisotopic (exact) mass is 230 g/mol. The molecule has 1 rings (SSSR count). The summed E-state index contributed by atoms with van der Waals surface area (Å²) in [5, 5.41) is 20.3. The Labute approximate surface area is 93.8 Å². The van der Waals surface area contributed by atoms with E-state index in [1.165, 1.54) is 0 Å². The molecular weight excluding hydrogens is 212 g/mol. The highest BCUT2D eigenvalue weighted by Crippen LogP contribution is 2.32. The lowest BCUT2D eigenvalue weighted by Gasteiger charge is -2.19. The van der Waals surface area contributed by atoms with Gasteiger partial charge in [-0.3, -0.25) is 4.79 Å². The lowest BCUT2D eigenvalue weighted by atomic mass is 10.1. The largest absolute Gasteiger partial charge is 0.479 e. The molecule has 5 N–H and O–H groups in total. The van der Waals surface area contributed by atoms with Gasteiger partial charge in [-0.1, -0.05) is 0 Å². The van der Waals surface area contributed by atoms with E-state index in [1.54, 1.807) is 0 Å². The van der Waals surface area contributed by atoms with Crippen molar-refractivity contribution in [3.05, 3.63) is 0 Å². The third-order valence-electron chi connectivity index (χ3n) is 2.74. The molecule has 1 aliphatic rings. The van der Waals surface area contributed by atoms with Gasteiger partial charge < -0.3 is 21.3 Å². The maximum absolute atomic E-state index is 11.4. The quantitative estimate of drug-likeness (QED) is 0.470. The molecule has 2 atom stereocenters. The minimum atomic E-state index is -1.93. The summed E-state index contributed by atoms with van der Waals surface area (Å²) < 4.78 is 0. The molecule has 0 aromatic heterocycles. The van der Waals surface area contributed by atoms with Crippen LogP contribution in [-0.2, 0) is 9.59 Å². The smallest absolute Gasteiger partial charge is 0.337 e. The first-order valence-electron chi connectivity index (χ1n) is 5.31. The molecule has 1 amide bonds. The summed E-state index contributed by atoms with van der Waals surface area (Å²) in [7, 11) is 0. The topological polar surface area (TPSA) is 113 Å². The fraction of sp³-hybridized carbons (Fsp3) is 0.800. The van der Waals surface area contributed by atoms with Crippen LogP contribution in [-0.4, -0.2) is 40.3 Å². The normalized spacial score (nSPS) is 20.9. The number of rotatable bonds is 6. The van der Waals surface area contributed by atoms with Crippen LogP contribution < -0.4 is 11.1 Å². The van der Waals surface area contributed by atoms with Gasteiger partial charge in [0, 0.05) is 12.5 Å². The van der Waals surface area contributed by atoms with Gasteiger partial charge in [0.05, 0.1) is 6.54 Å². The molecule has 16 heavy (non-hydrogen) atoms. The molecule has 0 heterocycles. The molecule has 0 aromatic rings. The lowest BCUT2D eigenvalue weighted by molar-refractivity contribution is -0.156. The molecule has 2 unspecified atom stereocenters. The van der Waals surface area contributed by atoms with E-state index in [9.17, 15) is 14.7 Å². The highest BCUT2D eigenvalue weighted by Gasteiger charge is 2.32. The Morgan fingerprint density at radius 2 is 2.12 bits per heavy atom. The SMILES string of the molecule is CC(O)(CNC(=O)CC(N)C1CC1)C(=O)O. The van der Waals surface area contributed by atoms with Crippen LogP contribution in [0.1, 0.15) is 26.2 Å². The first-order chi connectivity index (χ1) is 7.33. The van der Waals surface area contributed by atoms with E-state index >= 15 is 0 Å². The van der Waals surface area contributed by atoms with E-state index < -0.39 is 11.6 Å². The van der Waals surface area contributed by atoms with E-state index in [4.69, 9.17) is 10.8 Å². The van der Waals surface area contributed by atoms with Crippen molar-refractivity contribution >= 4 is 11.9 Å². The molecule has 0 spiro atoms. The zero-order valence-corrected chi connectivity index (χ0v) is 9.27. The van der Waals surface area contributed by atoms with Gasteiger partial charge in [-0.05, 0) is 25.7 Å². The van der Waals surface area contributed by atoms with Crippen molar-refractivity contribution in [3.63, 3.8) is 0 Å². The van der Waals surface area contributed by atoms with Crippen molar-refractivity contribution in [1.82, 2.24) is 5.32 Å². The highest BCUT2D eigenvalue weighted by atomic mass is 16.4. The molecule has 0 radical (unpaired) electrons. The molecule has 0 saturated heterocycles. The molecule has 92 valence electrons. The lowest BCUT2D eigenvalue weighted by Crippen LogP contribution is -2.47. The maximum Gasteiger partial charge on any atom is 0.337 e. The van der Waals surface area contributed by atoms with Crippen LogP contribution in [0.15, 0.2) is 0 Å². The van der Waals surface area contributed by atoms with Gasteiger partial charge in [0.15, 0.2) is 5.60 Å². The molecule has 0 aromatic carbocycles. The van der Waals surface area contributed by atoms with Crippen LogP contribution in [0.25, 0.3) is 0 Å². The Morgan fingerprint density at radius 1 is 1.56 bits per heavy atom. The number of carbonyl (C=O) groups is 2. The molecule has 1 aliphatic carbocycles. The number of nitrogens with two attached hydrogens (primary N) is 1. The second-order valence-electron chi connectivity index (χ2n) is 4.56. The predicted octanol–water partition coefficient (Wildman–Crippen LogP) is -0.934. The Bertz CT molecular complexity index is 287. The number of carboxylic acids is 1. The van der Waals surface area contributed by atoms with Crippen LogP contribution in [0.4, 0.5) is 0 Å². The van der Waals surface area contributed by atoms with Crippen LogP contribution >= 0.6 is 0 Å². The predicted molar refractivity (Wildman–Crippen MR) is 56.6 cm³/mol. The molecular formula is C10H18N2O4. The number of carboxylic acid groups (broad SMARTS) is 1. The number of carbonyl (C=O) groups excluding carboxylic acids is 1. The van der Waals surface area contributed by atoms with Crippen molar-refractivity contribution in [2.45, 2.75) is 37.8 Å². The van der Waals surface area contributed by atoms with Gasteiger partial charge in [0.1, 0.15) is 0 Å². The van der Waals surface area contributed by atoms with E-state index in [0.717, 1.165) is 19.8 Å². The van der Waals surface area contributed by atoms with Gasteiger partial charge in [-0.2, -0.15) is 0 Å². The number of nitrogens with one attached hydrogen (secondary N) is 1. The molecule has 6 nitrogen and oxygen atoms in total. The minimum absolute atomic E-state index is 0.158. The average Bonchev–Trinajstić information content (AvgIpc) is 2.97. The summed E-state index contributed by atoms with van der Waals surface area (Å²) in [4.78, 5) is 21.9. The van der Waals surface area contributed by atoms with Crippen molar-refractivity contribution < 1.29 is 19.8 Å². The number of amides is 1. The number of hydrogen-bond donors (Lipinski definition) is 4. The standard InChI is InChI=1S/C10H18N2O4/c1-10(16,9(14)15)5-12-8(13)4-7(11)6-2-3-6/h6-7,16H,2-5,11H2,1H3,(H,12,13)(H,14,15). The van der Waals surface area contributed by atoms with E-state index in [2.05, 4.69) is 5.32 Å². The molecule has 6 heteroatoms. The summed E-state index contributed by atoms with van der Waals surface area (Å²) in [6.07, 6.45) is 2.29. The Morgan fingerprint density at radius 3 is 2.56 bits per heavy atom. The molecule has 1 saturated carbocycles. The van der Waals surface area contributed by atoms with Gasteiger partial charge in [-0.25, -0.2) is 4.79 Å². The molecule has 0 aliphatic heterocycles. The average molecular weight is 230 g/mol. The van der Waals surface area contributed by atoms with Crippen LogP contribution in [0.2, 0.25) is 0 Å². The van der Waals surface area contributed by atoms with Crippen molar-refractivity contribution in [3.8, 4) is 0 Å². The third-order valence-corrected chi connectivity index (χ3v) is 2.74. The number of hydrogen-bond acceptors (Lipinski definition) is 4. The second kappa shape index (κ2) is 4.80. The third kappa shape index (κ3) is 3.79. The minimum Gasteiger partial charge on any atom is -0.479 e. The molecule has 0 bridgehead atoms. The zero-order chi connectivity index (χ0) is 12.3. The van der Waals surface area contributed by atoms with Gasteiger partial charge in [0.25, 0.3) is 0 Å². The summed E-state index contributed by atoms with van der Waals surface area (Å²) in [5.74, 6) is -1.26. The summed E-state index contributed by atoms with van der Waals surface area (Å²) in [5.41, 5.74) is 3.81. The summed E-state index contributed by atoms with van der Waals surface area (Å²) in [6.45, 7) is 0.828. The fourth-order valence-electron chi connectivity index (χ4n) is 1.32. The first kappa shape index (κ1) is 12.9. The number of aliphatic carboxylic acids is 1. The van der Waals surface area contributed by atoms with E-state index in [1.807, 2.05) is 0 Å². The Hall–Kier alpha value is -1.14. The summed E-state index contributed by atoms with van der Waals surface area (Å²) >= 11 is 0.